The SMILES string of the molecule is CCN(C)c1ccc(S(=O)(=O)CCOC)cc1.CNc1cccc(S(=O)(=O)CCOC)c1. The third-order valence-electron chi connectivity index (χ3n) is 4.71. The highest BCUT2D eigenvalue weighted by atomic mass is 32.2. The van der Waals surface area contributed by atoms with Gasteiger partial charge in [0.1, 0.15) is 0 Å². The molecule has 2 aromatic rings. The van der Waals surface area contributed by atoms with Gasteiger partial charge in [0, 0.05) is 46.2 Å². The molecule has 10 heteroatoms. The van der Waals surface area contributed by atoms with Crippen LogP contribution in [0.25, 0.3) is 0 Å². The highest BCUT2D eigenvalue weighted by molar-refractivity contribution is 7.91. The van der Waals surface area contributed by atoms with Crippen molar-refractivity contribution < 1.29 is 26.3 Å². The van der Waals surface area contributed by atoms with Crippen molar-refractivity contribution in [1.82, 2.24) is 0 Å². The summed E-state index contributed by atoms with van der Waals surface area (Å²) in [5, 5.41) is 2.90. The van der Waals surface area contributed by atoms with Gasteiger partial charge in [-0.2, -0.15) is 0 Å². The molecule has 32 heavy (non-hydrogen) atoms. The molecule has 8 nitrogen and oxygen atoms in total. The Bertz CT molecular complexity index is 1020. The van der Waals surface area contributed by atoms with E-state index in [0.29, 0.717) is 9.79 Å². The van der Waals surface area contributed by atoms with Gasteiger partial charge < -0.3 is 19.7 Å². The number of nitrogens with one attached hydrogen (secondary N) is 1. The fourth-order valence-corrected chi connectivity index (χ4v) is 4.94. The van der Waals surface area contributed by atoms with Crippen molar-refractivity contribution in [2.75, 3.05) is 69.8 Å². The molecule has 0 atom stereocenters. The van der Waals surface area contributed by atoms with Crippen molar-refractivity contribution in [1.29, 1.82) is 0 Å². The van der Waals surface area contributed by atoms with Crippen molar-refractivity contribution >= 4 is 31.0 Å². The third-order valence-corrected chi connectivity index (χ3v) is 8.08. The van der Waals surface area contributed by atoms with E-state index < -0.39 is 19.7 Å². The highest BCUT2D eigenvalue weighted by Gasteiger charge is 2.14. The highest BCUT2D eigenvalue weighted by Crippen LogP contribution is 2.18. The molecule has 0 amide bonds. The molecule has 2 aromatic carbocycles. The fourth-order valence-electron chi connectivity index (χ4n) is 2.56. The first-order chi connectivity index (χ1) is 15.1. The predicted octanol–water partition coefficient (Wildman–Crippen LogP) is 2.71. The monoisotopic (exact) mass is 486 g/mol. The number of hydrogen-bond acceptors (Lipinski definition) is 8. The molecule has 0 aromatic heterocycles. The van der Waals surface area contributed by atoms with Crippen molar-refractivity contribution in [3.63, 3.8) is 0 Å². The zero-order chi connectivity index (χ0) is 24.2. The van der Waals surface area contributed by atoms with Gasteiger partial charge in [0.25, 0.3) is 0 Å². The molecule has 0 saturated heterocycles. The Morgan fingerprint density at radius 1 is 0.844 bits per heavy atom. The summed E-state index contributed by atoms with van der Waals surface area (Å²) in [6, 6.07) is 13.7. The van der Waals surface area contributed by atoms with E-state index in [1.165, 1.54) is 14.2 Å². The van der Waals surface area contributed by atoms with Gasteiger partial charge in [-0.1, -0.05) is 6.07 Å². The van der Waals surface area contributed by atoms with Crippen LogP contribution in [0.4, 0.5) is 11.4 Å². The summed E-state index contributed by atoms with van der Waals surface area (Å²) in [7, 11) is 0.263. The Labute approximate surface area is 192 Å². The zero-order valence-corrected chi connectivity index (χ0v) is 21.0. The van der Waals surface area contributed by atoms with Gasteiger partial charge in [-0.05, 0) is 49.4 Å². The Morgan fingerprint density at radius 2 is 1.38 bits per heavy atom. The van der Waals surface area contributed by atoms with Crippen molar-refractivity contribution in [2.45, 2.75) is 16.7 Å². The van der Waals surface area contributed by atoms with E-state index in [-0.39, 0.29) is 24.7 Å². The van der Waals surface area contributed by atoms with Crippen LogP contribution in [0.5, 0.6) is 0 Å². The first-order valence-electron chi connectivity index (χ1n) is 10.1. The maximum absolute atomic E-state index is 11.8. The van der Waals surface area contributed by atoms with E-state index in [4.69, 9.17) is 9.47 Å². The fraction of sp³-hybridized carbons (Fsp3) is 0.455. The summed E-state index contributed by atoms with van der Waals surface area (Å²) < 4.78 is 56.8. The molecule has 1 N–H and O–H groups in total. The topological polar surface area (TPSA) is 102 Å². The molecule has 0 heterocycles. The number of sulfone groups is 2. The quantitative estimate of drug-likeness (QED) is 0.517. The summed E-state index contributed by atoms with van der Waals surface area (Å²) in [5.41, 5.74) is 1.80. The van der Waals surface area contributed by atoms with Crippen LogP contribution in [0, 0.1) is 0 Å². The van der Waals surface area contributed by atoms with E-state index in [0.717, 1.165) is 17.9 Å². The first kappa shape index (κ1) is 27.9. The molecule has 0 bridgehead atoms. The van der Waals surface area contributed by atoms with Crippen LogP contribution in [0.1, 0.15) is 6.92 Å². The van der Waals surface area contributed by atoms with Crippen LogP contribution < -0.4 is 10.2 Å². The Balaban J connectivity index is 0.000000323. The van der Waals surface area contributed by atoms with Crippen LogP contribution in [-0.2, 0) is 29.1 Å². The first-order valence-corrected chi connectivity index (χ1v) is 13.4. The maximum atomic E-state index is 11.8. The normalized spacial score (nSPS) is 11.4. The molecule has 0 saturated carbocycles. The Hall–Kier alpha value is -2.14. The molecular formula is C22H34N2O6S2. The minimum Gasteiger partial charge on any atom is -0.388 e. The van der Waals surface area contributed by atoms with E-state index >= 15 is 0 Å². The maximum Gasteiger partial charge on any atom is 0.180 e. The van der Waals surface area contributed by atoms with Crippen LogP contribution in [0.2, 0.25) is 0 Å². The molecule has 2 rings (SSSR count). The van der Waals surface area contributed by atoms with Gasteiger partial charge in [-0.25, -0.2) is 16.8 Å². The molecule has 0 aliphatic heterocycles. The number of methoxy groups -OCH3 is 2. The molecule has 0 fully saturated rings. The molecule has 0 unspecified atom stereocenters. The lowest BCUT2D eigenvalue weighted by Crippen LogP contribution is -2.16. The number of ether oxygens (including phenoxy) is 2. The third kappa shape index (κ3) is 8.78. The number of hydrogen-bond donors (Lipinski definition) is 1. The lowest BCUT2D eigenvalue weighted by Gasteiger charge is -2.16. The molecule has 0 radical (unpaired) electrons. The van der Waals surface area contributed by atoms with Gasteiger partial charge in [0.05, 0.1) is 34.5 Å². The summed E-state index contributed by atoms with van der Waals surface area (Å²) >= 11 is 0. The van der Waals surface area contributed by atoms with Gasteiger partial charge in [0.2, 0.25) is 0 Å². The number of anilines is 2. The number of nitrogens with zero attached hydrogens (tertiary/aromatic N) is 1. The smallest absolute Gasteiger partial charge is 0.180 e. The van der Waals surface area contributed by atoms with Crippen LogP contribution in [0.3, 0.4) is 0 Å². The standard InChI is InChI=1S/C12H19NO3S.C10H15NO3S/c1-4-13(2)11-5-7-12(8-6-11)17(14,15)10-9-16-3;1-11-9-4-3-5-10(8-9)15(12,13)7-6-14-2/h5-8H,4,9-10H2,1-3H3;3-5,8,11H,6-7H2,1-2H3. The number of rotatable bonds is 11. The van der Waals surface area contributed by atoms with E-state index in [9.17, 15) is 16.8 Å². The van der Waals surface area contributed by atoms with E-state index in [1.54, 1.807) is 37.4 Å². The summed E-state index contributed by atoms with van der Waals surface area (Å²) in [6.45, 7) is 3.37. The minimum atomic E-state index is -3.22. The molecule has 0 spiro atoms. The molecule has 0 aliphatic rings. The summed E-state index contributed by atoms with van der Waals surface area (Å²) in [4.78, 5) is 2.72. The average Bonchev–Trinajstić information content (AvgIpc) is 2.81. The lowest BCUT2D eigenvalue weighted by molar-refractivity contribution is 0.217. The van der Waals surface area contributed by atoms with Gasteiger partial charge in [0.15, 0.2) is 19.7 Å². The molecule has 0 aliphatic carbocycles. The minimum absolute atomic E-state index is 0.0106. The Kier molecular flexibility index (Phi) is 11.7. The van der Waals surface area contributed by atoms with Crippen LogP contribution in [-0.4, -0.2) is 76.4 Å². The van der Waals surface area contributed by atoms with Crippen LogP contribution in [0.15, 0.2) is 58.3 Å². The average molecular weight is 487 g/mol. The van der Waals surface area contributed by atoms with Crippen molar-refractivity contribution in [2.24, 2.45) is 0 Å². The molecular weight excluding hydrogens is 452 g/mol. The molecule has 180 valence electrons. The van der Waals surface area contributed by atoms with Crippen molar-refractivity contribution in [3.05, 3.63) is 48.5 Å². The zero-order valence-electron chi connectivity index (χ0n) is 19.4. The predicted molar refractivity (Wildman–Crippen MR) is 129 cm³/mol. The summed E-state index contributed by atoms with van der Waals surface area (Å²) in [5.74, 6) is 0.0309. The van der Waals surface area contributed by atoms with Crippen LogP contribution >= 0.6 is 0 Å². The van der Waals surface area contributed by atoms with E-state index in [2.05, 4.69) is 5.32 Å². The second kappa shape index (κ2) is 13.4. The lowest BCUT2D eigenvalue weighted by atomic mass is 10.3. The largest absolute Gasteiger partial charge is 0.388 e. The van der Waals surface area contributed by atoms with Crippen molar-refractivity contribution in [3.8, 4) is 0 Å². The summed E-state index contributed by atoms with van der Waals surface area (Å²) in [6.07, 6.45) is 0. The number of benzene rings is 2. The second-order valence-electron chi connectivity index (χ2n) is 6.91. The van der Waals surface area contributed by atoms with Gasteiger partial charge in [-0.15, -0.1) is 0 Å². The van der Waals surface area contributed by atoms with Gasteiger partial charge >= 0.3 is 0 Å². The van der Waals surface area contributed by atoms with E-state index in [1.807, 2.05) is 37.1 Å². The van der Waals surface area contributed by atoms with Gasteiger partial charge in [-0.3, -0.25) is 0 Å². The second-order valence-corrected chi connectivity index (χ2v) is 11.1. The Morgan fingerprint density at radius 3 is 1.84 bits per heavy atom.